The second-order valence-corrected chi connectivity index (χ2v) is 8.62. The molecule has 1 unspecified atom stereocenters. The lowest BCUT2D eigenvalue weighted by molar-refractivity contribution is -0.135. The third-order valence-electron chi connectivity index (χ3n) is 4.95. The first-order chi connectivity index (χ1) is 13.9. The number of para-hydroxylation sites is 1. The topological polar surface area (TPSA) is 52.7 Å². The quantitative estimate of drug-likeness (QED) is 0.710. The minimum absolute atomic E-state index is 0.0291. The Labute approximate surface area is 181 Å². The van der Waals surface area contributed by atoms with Gasteiger partial charge >= 0.3 is 0 Å². The van der Waals surface area contributed by atoms with Crippen LogP contribution in [0, 0.1) is 6.92 Å². The summed E-state index contributed by atoms with van der Waals surface area (Å²) in [5, 5.41) is 3.52. The van der Waals surface area contributed by atoms with Crippen LogP contribution in [0.4, 0.5) is 5.69 Å². The highest BCUT2D eigenvalue weighted by Crippen LogP contribution is 2.25. The molecule has 2 amide bonds. The number of amides is 2. The van der Waals surface area contributed by atoms with Crippen molar-refractivity contribution in [2.24, 2.45) is 0 Å². The van der Waals surface area contributed by atoms with Crippen LogP contribution in [0.3, 0.4) is 0 Å². The zero-order valence-electron chi connectivity index (χ0n) is 16.7. The van der Waals surface area contributed by atoms with Gasteiger partial charge in [0.15, 0.2) is 0 Å². The average Bonchev–Trinajstić information content (AvgIpc) is 2.73. The van der Waals surface area contributed by atoms with Crippen molar-refractivity contribution in [3.8, 4) is 0 Å². The fourth-order valence-electron chi connectivity index (χ4n) is 3.31. The molecular weight excluding hydrogens is 406 g/mol. The number of benzene rings is 2. The summed E-state index contributed by atoms with van der Waals surface area (Å²) in [4.78, 5) is 29.9. The maximum absolute atomic E-state index is 13.1. The van der Waals surface area contributed by atoms with Gasteiger partial charge in [0, 0.05) is 54.5 Å². The molecule has 0 bridgehead atoms. The van der Waals surface area contributed by atoms with Gasteiger partial charge in [-0.3, -0.25) is 9.59 Å². The van der Waals surface area contributed by atoms with Gasteiger partial charge in [0.1, 0.15) is 6.04 Å². The van der Waals surface area contributed by atoms with Gasteiger partial charge in [-0.15, -0.1) is 11.8 Å². The van der Waals surface area contributed by atoms with Crippen LogP contribution in [-0.2, 0) is 9.59 Å². The number of hydrogen-bond donors (Lipinski definition) is 1. The number of piperazine rings is 1. The van der Waals surface area contributed by atoms with E-state index in [-0.39, 0.29) is 11.8 Å². The van der Waals surface area contributed by atoms with E-state index in [4.69, 9.17) is 11.6 Å². The largest absolute Gasteiger partial charge is 0.368 e. The Hall–Kier alpha value is -2.18. The number of thioether (sulfide) groups is 1. The lowest BCUT2D eigenvalue weighted by atomic mass is 10.2. The van der Waals surface area contributed by atoms with Crippen molar-refractivity contribution in [2.45, 2.75) is 24.8 Å². The maximum atomic E-state index is 13.1. The van der Waals surface area contributed by atoms with E-state index in [0.717, 1.165) is 23.5 Å². The highest BCUT2D eigenvalue weighted by atomic mass is 35.5. The van der Waals surface area contributed by atoms with Crippen LogP contribution in [0.25, 0.3) is 0 Å². The van der Waals surface area contributed by atoms with Gasteiger partial charge in [-0.25, -0.2) is 0 Å². The number of hydrogen-bond acceptors (Lipinski definition) is 4. The van der Waals surface area contributed by atoms with Gasteiger partial charge in [-0.1, -0.05) is 35.9 Å². The number of anilines is 1. The molecule has 1 heterocycles. The van der Waals surface area contributed by atoms with Gasteiger partial charge < -0.3 is 15.1 Å². The molecule has 0 radical (unpaired) electrons. The van der Waals surface area contributed by atoms with Crippen LogP contribution >= 0.6 is 23.4 Å². The number of nitrogens with one attached hydrogen (secondary N) is 1. The minimum atomic E-state index is -0.555. The highest BCUT2D eigenvalue weighted by molar-refractivity contribution is 7.99. The predicted molar refractivity (Wildman–Crippen MR) is 120 cm³/mol. The van der Waals surface area contributed by atoms with Crippen molar-refractivity contribution in [1.82, 2.24) is 10.2 Å². The Morgan fingerprint density at radius 1 is 1.10 bits per heavy atom. The van der Waals surface area contributed by atoms with Crippen molar-refractivity contribution >= 4 is 40.9 Å². The first-order valence-corrected chi connectivity index (χ1v) is 11.1. The average molecular weight is 432 g/mol. The molecule has 1 aliphatic rings. The molecule has 1 atom stereocenters. The van der Waals surface area contributed by atoms with Gasteiger partial charge in [0.25, 0.3) is 0 Å². The van der Waals surface area contributed by atoms with Gasteiger partial charge in [-0.2, -0.15) is 0 Å². The summed E-state index contributed by atoms with van der Waals surface area (Å²) >= 11 is 7.73. The Morgan fingerprint density at radius 3 is 2.41 bits per heavy atom. The molecule has 0 aromatic heterocycles. The van der Waals surface area contributed by atoms with Crippen LogP contribution in [0.15, 0.2) is 53.4 Å². The van der Waals surface area contributed by atoms with Gasteiger partial charge in [0.05, 0.1) is 0 Å². The van der Waals surface area contributed by atoms with E-state index in [9.17, 15) is 9.59 Å². The first-order valence-electron chi connectivity index (χ1n) is 9.69. The summed E-state index contributed by atoms with van der Waals surface area (Å²) in [5.74, 6) is 0.240. The molecule has 2 aromatic carbocycles. The molecule has 0 saturated carbocycles. The van der Waals surface area contributed by atoms with Gasteiger partial charge in [-0.05, 0) is 36.8 Å². The summed E-state index contributed by atoms with van der Waals surface area (Å²) in [6.45, 7) is 6.25. The Kier molecular flexibility index (Phi) is 7.45. The van der Waals surface area contributed by atoms with E-state index < -0.39 is 6.04 Å². The van der Waals surface area contributed by atoms with E-state index in [1.54, 1.807) is 0 Å². The number of aryl methyl sites for hydroxylation is 1. The number of carbonyl (C=O) groups excluding carboxylic acids is 2. The summed E-state index contributed by atoms with van der Waals surface area (Å²) in [6, 6.07) is 15.5. The molecule has 3 rings (SSSR count). The molecule has 0 spiro atoms. The molecule has 29 heavy (non-hydrogen) atoms. The highest BCUT2D eigenvalue weighted by Gasteiger charge is 2.28. The zero-order valence-corrected chi connectivity index (χ0v) is 18.3. The Morgan fingerprint density at radius 2 is 1.79 bits per heavy atom. The monoisotopic (exact) mass is 431 g/mol. The summed E-state index contributed by atoms with van der Waals surface area (Å²) in [6.07, 6.45) is 0. The third kappa shape index (κ3) is 5.90. The number of halogens is 1. The molecule has 2 aromatic rings. The molecule has 1 N–H and O–H groups in total. The Balaban J connectivity index is 1.60. The van der Waals surface area contributed by atoms with Crippen molar-refractivity contribution in [3.63, 3.8) is 0 Å². The molecule has 7 heteroatoms. The Bertz CT molecular complexity index is 854. The van der Waals surface area contributed by atoms with E-state index in [0.29, 0.717) is 23.9 Å². The standard InChI is InChI=1S/C22H26ClN3O2S/c1-16-8-9-19(14-20(16)23)29-15-21(24-17(2)27)22(28)26-12-10-25(11-13-26)18-6-4-3-5-7-18/h3-9,14,21H,10-13,15H2,1-2H3,(H,24,27). The van der Waals surface area contributed by atoms with E-state index in [1.165, 1.54) is 24.4 Å². The number of nitrogens with zero attached hydrogens (tertiary/aromatic N) is 2. The van der Waals surface area contributed by atoms with Crippen molar-refractivity contribution < 1.29 is 9.59 Å². The number of rotatable bonds is 6. The van der Waals surface area contributed by atoms with Crippen molar-refractivity contribution in [3.05, 3.63) is 59.1 Å². The summed E-state index contributed by atoms with van der Waals surface area (Å²) in [5.41, 5.74) is 2.19. The van der Waals surface area contributed by atoms with Crippen LogP contribution in [0.2, 0.25) is 5.02 Å². The molecule has 5 nitrogen and oxygen atoms in total. The van der Waals surface area contributed by atoms with E-state index in [2.05, 4.69) is 22.3 Å². The third-order valence-corrected chi connectivity index (χ3v) is 6.44. The molecular formula is C22H26ClN3O2S. The molecule has 1 saturated heterocycles. The minimum Gasteiger partial charge on any atom is -0.368 e. The smallest absolute Gasteiger partial charge is 0.246 e. The van der Waals surface area contributed by atoms with Gasteiger partial charge in [0.2, 0.25) is 11.8 Å². The fraction of sp³-hybridized carbons (Fsp3) is 0.364. The fourth-order valence-corrected chi connectivity index (χ4v) is 4.50. The second kappa shape index (κ2) is 10.0. The lowest BCUT2D eigenvalue weighted by Crippen LogP contribution is -2.55. The van der Waals surface area contributed by atoms with Crippen LogP contribution in [0.5, 0.6) is 0 Å². The molecule has 154 valence electrons. The molecule has 1 aliphatic heterocycles. The van der Waals surface area contributed by atoms with E-state index >= 15 is 0 Å². The summed E-state index contributed by atoms with van der Waals surface area (Å²) < 4.78 is 0. The number of carbonyl (C=O) groups is 2. The molecule has 0 aliphatic carbocycles. The van der Waals surface area contributed by atoms with E-state index in [1.807, 2.05) is 48.2 Å². The van der Waals surface area contributed by atoms with Crippen molar-refractivity contribution in [1.29, 1.82) is 0 Å². The molecule has 1 fully saturated rings. The van der Waals surface area contributed by atoms with Crippen molar-refractivity contribution in [2.75, 3.05) is 36.8 Å². The lowest BCUT2D eigenvalue weighted by Gasteiger charge is -2.37. The second-order valence-electron chi connectivity index (χ2n) is 7.12. The summed E-state index contributed by atoms with van der Waals surface area (Å²) in [7, 11) is 0. The van der Waals surface area contributed by atoms with Crippen LogP contribution in [-0.4, -0.2) is 54.7 Å². The normalized spacial score (nSPS) is 15.1. The maximum Gasteiger partial charge on any atom is 0.246 e. The SMILES string of the molecule is CC(=O)NC(CSc1ccc(C)c(Cl)c1)C(=O)N1CCN(c2ccccc2)CC1. The zero-order chi connectivity index (χ0) is 20.8. The predicted octanol–water partition coefficient (Wildman–Crippen LogP) is 3.59. The first kappa shape index (κ1) is 21.5. The van der Waals surface area contributed by atoms with Crippen LogP contribution in [0.1, 0.15) is 12.5 Å². The van der Waals surface area contributed by atoms with Crippen LogP contribution < -0.4 is 10.2 Å².